The maximum atomic E-state index is 11.6. The van der Waals surface area contributed by atoms with Crippen molar-refractivity contribution in [1.29, 1.82) is 0 Å². The lowest BCUT2D eigenvalue weighted by Gasteiger charge is -2.27. The molecule has 3 rings (SSSR count). The number of aromatic nitrogens is 2. The van der Waals surface area contributed by atoms with Crippen LogP contribution in [0.5, 0.6) is 0 Å². The minimum Gasteiger partial charge on any atom is -0.481 e. The van der Waals surface area contributed by atoms with Gasteiger partial charge in [0.2, 0.25) is 0 Å². The van der Waals surface area contributed by atoms with E-state index in [0.29, 0.717) is 37.8 Å². The van der Waals surface area contributed by atoms with Gasteiger partial charge in [0.05, 0.1) is 5.92 Å². The third-order valence-corrected chi connectivity index (χ3v) is 4.57. The lowest BCUT2D eigenvalue weighted by Crippen LogP contribution is -2.34. The first-order valence-corrected chi connectivity index (χ1v) is 8.62. The Morgan fingerprint density at radius 1 is 1.24 bits per heavy atom. The molecule has 2 heterocycles. The number of carboxylic acid groups (broad SMARTS) is 1. The monoisotopic (exact) mass is 341 g/mol. The summed E-state index contributed by atoms with van der Waals surface area (Å²) in [6.45, 7) is 1.65. The van der Waals surface area contributed by atoms with Crippen LogP contribution in [-0.4, -0.2) is 40.8 Å². The molecule has 1 unspecified atom stereocenters. The van der Waals surface area contributed by atoms with Gasteiger partial charge in [-0.1, -0.05) is 30.3 Å². The minimum atomic E-state index is -0.766. The second-order valence-corrected chi connectivity index (χ2v) is 6.30. The van der Waals surface area contributed by atoms with Crippen LogP contribution in [0.3, 0.4) is 0 Å². The number of hydrogen-bond acceptors (Lipinski definition) is 5. The van der Waals surface area contributed by atoms with Crippen molar-refractivity contribution in [2.45, 2.75) is 19.3 Å². The topological polar surface area (TPSA) is 84.3 Å². The zero-order chi connectivity index (χ0) is 17.5. The molecule has 6 nitrogen and oxygen atoms in total. The van der Waals surface area contributed by atoms with E-state index in [1.165, 1.54) is 0 Å². The van der Waals surface area contributed by atoms with Crippen molar-refractivity contribution in [1.82, 2.24) is 9.97 Å². The highest BCUT2D eigenvalue weighted by molar-refractivity contribution is 5.71. The molecule has 1 aromatic carbocycles. The van der Waals surface area contributed by atoms with Crippen LogP contribution in [0.25, 0.3) is 0 Å². The fourth-order valence-corrected chi connectivity index (χ4v) is 3.15. The summed E-state index contributed by atoms with van der Waals surface area (Å²) >= 11 is 0. The number of nitrogens with zero attached hydrogens (tertiary/aromatic N) is 2. The van der Waals surface area contributed by atoms with Crippen LogP contribution >= 0.6 is 0 Å². The summed E-state index contributed by atoms with van der Waals surface area (Å²) in [6, 6.07) is 11.8. The summed E-state index contributed by atoms with van der Waals surface area (Å²) in [7, 11) is 0. The highest BCUT2D eigenvalue weighted by Gasteiger charge is 2.29. The lowest BCUT2D eigenvalue weighted by atomic mass is 9.86. The van der Waals surface area contributed by atoms with Gasteiger partial charge < -0.3 is 15.2 Å². The molecule has 132 valence electrons. The number of benzene rings is 1. The number of aliphatic carboxylic acids is 1. The van der Waals surface area contributed by atoms with E-state index < -0.39 is 11.9 Å². The summed E-state index contributed by atoms with van der Waals surface area (Å²) in [5, 5.41) is 12.7. The first kappa shape index (κ1) is 17.4. The first-order chi connectivity index (χ1) is 12.2. The fraction of sp³-hybridized carbons (Fsp3) is 0.421. The van der Waals surface area contributed by atoms with Gasteiger partial charge in [0.15, 0.2) is 0 Å². The van der Waals surface area contributed by atoms with Gasteiger partial charge >= 0.3 is 5.97 Å². The molecule has 0 spiro atoms. The number of carboxylic acids is 1. The van der Waals surface area contributed by atoms with Crippen LogP contribution in [0.2, 0.25) is 0 Å². The molecule has 1 atom stereocenters. The Morgan fingerprint density at radius 3 is 2.72 bits per heavy atom. The van der Waals surface area contributed by atoms with E-state index in [-0.39, 0.29) is 5.92 Å². The molecule has 0 amide bonds. The zero-order valence-corrected chi connectivity index (χ0v) is 14.1. The van der Waals surface area contributed by atoms with E-state index in [4.69, 9.17) is 4.74 Å². The summed E-state index contributed by atoms with van der Waals surface area (Å²) in [5.74, 6) is 0.326. The molecule has 1 aromatic heterocycles. The molecular formula is C19H23N3O3. The Balaban J connectivity index is 1.61. The number of ether oxygens (including phenoxy) is 1. The SMILES string of the molecule is O=C(O)C(CNc1ccnc(Cc2ccccc2)n1)C1CCOCC1. The highest BCUT2D eigenvalue weighted by Crippen LogP contribution is 2.24. The van der Waals surface area contributed by atoms with Crippen LogP contribution in [0.4, 0.5) is 5.82 Å². The van der Waals surface area contributed by atoms with Gasteiger partial charge in [-0.05, 0) is 30.4 Å². The minimum absolute atomic E-state index is 0.143. The van der Waals surface area contributed by atoms with Gasteiger partial charge in [-0.15, -0.1) is 0 Å². The van der Waals surface area contributed by atoms with Gasteiger partial charge in [0.1, 0.15) is 11.6 Å². The first-order valence-electron chi connectivity index (χ1n) is 8.62. The van der Waals surface area contributed by atoms with Gasteiger partial charge in [-0.2, -0.15) is 0 Å². The standard InChI is InChI=1S/C19H23N3O3/c23-19(24)16(15-7-10-25-11-8-15)13-21-17-6-9-20-18(22-17)12-14-4-2-1-3-5-14/h1-6,9,15-16H,7-8,10-13H2,(H,23,24)(H,20,21,22). The normalized spacial score (nSPS) is 16.3. The van der Waals surface area contributed by atoms with Gasteiger partial charge in [-0.25, -0.2) is 9.97 Å². The number of hydrogen-bond donors (Lipinski definition) is 2. The van der Waals surface area contributed by atoms with Crippen molar-refractivity contribution in [3.05, 3.63) is 54.0 Å². The Kier molecular flexibility index (Phi) is 5.95. The quantitative estimate of drug-likeness (QED) is 0.805. The lowest BCUT2D eigenvalue weighted by molar-refractivity contribution is -0.144. The molecule has 1 aliphatic rings. The molecule has 1 fully saturated rings. The summed E-state index contributed by atoms with van der Waals surface area (Å²) in [4.78, 5) is 20.4. The second kappa shape index (κ2) is 8.58. The van der Waals surface area contributed by atoms with Gasteiger partial charge in [0, 0.05) is 32.4 Å². The average Bonchev–Trinajstić information content (AvgIpc) is 2.64. The van der Waals surface area contributed by atoms with Crippen molar-refractivity contribution in [3.63, 3.8) is 0 Å². The Bertz CT molecular complexity index is 687. The Hall–Kier alpha value is -2.47. The third-order valence-electron chi connectivity index (χ3n) is 4.57. The number of nitrogens with one attached hydrogen (secondary N) is 1. The molecular weight excluding hydrogens is 318 g/mol. The number of rotatable bonds is 7. The van der Waals surface area contributed by atoms with E-state index >= 15 is 0 Å². The smallest absolute Gasteiger partial charge is 0.308 e. The second-order valence-electron chi connectivity index (χ2n) is 6.30. The molecule has 0 radical (unpaired) electrons. The molecule has 0 aliphatic carbocycles. The van der Waals surface area contributed by atoms with Crippen molar-refractivity contribution in [3.8, 4) is 0 Å². The molecule has 25 heavy (non-hydrogen) atoms. The van der Waals surface area contributed by atoms with Crippen molar-refractivity contribution < 1.29 is 14.6 Å². The molecule has 0 bridgehead atoms. The van der Waals surface area contributed by atoms with E-state index in [2.05, 4.69) is 15.3 Å². The third kappa shape index (κ3) is 5.00. The summed E-state index contributed by atoms with van der Waals surface area (Å²) in [6.07, 6.45) is 3.94. The van der Waals surface area contributed by atoms with E-state index in [9.17, 15) is 9.90 Å². The average molecular weight is 341 g/mol. The van der Waals surface area contributed by atoms with Crippen LogP contribution in [0.15, 0.2) is 42.6 Å². The maximum Gasteiger partial charge on any atom is 0.308 e. The predicted octanol–water partition coefficient (Wildman–Crippen LogP) is 2.61. The highest BCUT2D eigenvalue weighted by atomic mass is 16.5. The summed E-state index contributed by atoms with van der Waals surface area (Å²) in [5.41, 5.74) is 1.14. The van der Waals surface area contributed by atoms with E-state index in [0.717, 1.165) is 18.4 Å². The van der Waals surface area contributed by atoms with Gasteiger partial charge in [-0.3, -0.25) is 4.79 Å². The van der Waals surface area contributed by atoms with Crippen molar-refractivity contribution in [2.24, 2.45) is 11.8 Å². The fourth-order valence-electron chi connectivity index (χ4n) is 3.15. The largest absolute Gasteiger partial charge is 0.481 e. The van der Waals surface area contributed by atoms with Gasteiger partial charge in [0.25, 0.3) is 0 Å². The summed E-state index contributed by atoms with van der Waals surface area (Å²) < 4.78 is 5.33. The van der Waals surface area contributed by atoms with Crippen LogP contribution in [-0.2, 0) is 16.0 Å². The van der Waals surface area contributed by atoms with Crippen molar-refractivity contribution >= 4 is 11.8 Å². The number of anilines is 1. The molecule has 2 N–H and O–H groups in total. The molecule has 0 saturated carbocycles. The molecule has 1 saturated heterocycles. The van der Waals surface area contributed by atoms with Crippen LogP contribution < -0.4 is 5.32 Å². The van der Waals surface area contributed by atoms with Crippen LogP contribution in [0.1, 0.15) is 24.2 Å². The molecule has 2 aromatic rings. The zero-order valence-electron chi connectivity index (χ0n) is 14.1. The van der Waals surface area contributed by atoms with Crippen molar-refractivity contribution in [2.75, 3.05) is 25.1 Å². The number of carbonyl (C=O) groups is 1. The van der Waals surface area contributed by atoms with E-state index in [1.54, 1.807) is 12.3 Å². The Labute approximate surface area is 147 Å². The molecule has 6 heteroatoms. The predicted molar refractivity (Wildman–Crippen MR) is 94.4 cm³/mol. The Morgan fingerprint density at radius 2 is 2.00 bits per heavy atom. The maximum absolute atomic E-state index is 11.6. The molecule has 1 aliphatic heterocycles. The van der Waals surface area contributed by atoms with Crippen LogP contribution in [0, 0.1) is 11.8 Å². The van der Waals surface area contributed by atoms with E-state index in [1.807, 2.05) is 30.3 Å².